The molecule has 5 heteroatoms. The fourth-order valence-electron chi connectivity index (χ4n) is 2.51. The highest BCUT2D eigenvalue weighted by atomic mass is 15.3. The van der Waals surface area contributed by atoms with Crippen LogP contribution < -0.4 is 10.6 Å². The molecule has 1 saturated heterocycles. The summed E-state index contributed by atoms with van der Waals surface area (Å²) in [6, 6.07) is 0. The van der Waals surface area contributed by atoms with E-state index in [0.29, 0.717) is 11.9 Å². The average molecular weight is 247 g/mol. The molecule has 1 aliphatic carbocycles. The first-order valence-corrected chi connectivity index (χ1v) is 7.09. The normalized spacial score (nSPS) is 21.4. The molecule has 1 aliphatic heterocycles. The van der Waals surface area contributed by atoms with Gasteiger partial charge in [0.05, 0.1) is 0 Å². The molecule has 1 aromatic rings. The minimum atomic E-state index is 0.379. The second kappa shape index (κ2) is 5.08. The molecule has 0 radical (unpaired) electrons. The first-order chi connectivity index (χ1) is 8.83. The van der Waals surface area contributed by atoms with E-state index in [4.69, 9.17) is 5.73 Å². The molecule has 1 saturated carbocycles. The van der Waals surface area contributed by atoms with Crippen molar-refractivity contribution in [3.05, 3.63) is 5.82 Å². The maximum Gasteiger partial charge on any atom is 0.230 e. The van der Waals surface area contributed by atoms with Crippen molar-refractivity contribution in [2.75, 3.05) is 23.7 Å². The maximum absolute atomic E-state index is 5.81. The summed E-state index contributed by atoms with van der Waals surface area (Å²) < 4.78 is 0. The zero-order valence-electron chi connectivity index (χ0n) is 10.8. The number of hydrogen-bond donors (Lipinski definition) is 1. The Morgan fingerprint density at radius 2 is 1.56 bits per heavy atom. The summed E-state index contributed by atoms with van der Waals surface area (Å²) in [6.07, 6.45) is 8.83. The van der Waals surface area contributed by atoms with Gasteiger partial charge in [0, 0.05) is 19.0 Å². The van der Waals surface area contributed by atoms with Crippen LogP contribution in [0.3, 0.4) is 0 Å². The fourth-order valence-corrected chi connectivity index (χ4v) is 2.51. The van der Waals surface area contributed by atoms with Crippen molar-refractivity contribution >= 4 is 11.9 Å². The second-order valence-electron chi connectivity index (χ2n) is 5.38. The Kier molecular flexibility index (Phi) is 3.30. The number of hydrogen-bond acceptors (Lipinski definition) is 5. The van der Waals surface area contributed by atoms with Crippen LogP contribution in [-0.4, -0.2) is 28.0 Å². The van der Waals surface area contributed by atoms with Crippen LogP contribution in [0.2, 0.25) is 0 Å². The number of nitrogens with zero attached hydrogens (tertiary/aromatic N) is 4. The molecule has 0 aromatic carbocycles. The highest BCUT2D eigenvalue weighted by molar-refractivity contribution is 5.35. The van der Waals surface area contributed by atoms with Crippen molar-refractivity contribution in [2.45, 2.75) is 50.9 Å². The topological polar surface area (TPSA) is 67.9 Å². The number of anilines is 2. The van der Waals surface area contributed by atoms with Crippen LogP contribution in [0.15, 0.2) is 0 Å². The van der Waals surface area contributed by atoms with Gasteiger partial charge in [-0.25, -0.2) is 0 Å². The summed E-state index contributed by atoms with van der Waals surface area (Å²) >= 11 is 0. The third-order valence-electron chi connectivity index (χ3n) is 3.74. The van der Waals surface area contributed by atoms with Crippen LogP contribution >= 0.6 is 0 Å². The van der Waals surface area contributed by atoms with Gasteiger partial charge in [-0.2, -0.15) is 15.0 Å². The summed E-state index contributed by atoms with van der Waals surface area (Å²) in [5, 5.41) is 0. The molecule has 1 aromatic heterocycles. The van der Waals surface area contributed by atoms with Gasteiger partial charge in [0.1, 0.15) is 5.82 Å². The monoisotopic (exact) mass is 247 g/mol. The second-order valence-corrected chi connectivity index (χ2v) is 5.38. The molecule has 2 aliphatic rings. The van der Waals surface area contributed by atoms with Crippen molar-refractivity contribution in [2.24, 2.45) is 0 Å². The van der Waals surface area contributed by atoms with Gasteiger partial charge in [-0.1, -0.05) is 19.3 Å². The maximum atomic E-state index is 5.81. The zero-order valence-corrected chi connectivity index (χ0v) is 10.8. The van der Waals surface area contributed by atoms with Gasteiger partial charge >= 0.3 is 0 Å². The Balaban J connectivity index is 1.80. The lowest BCUT2D eigenvalue weighted by atomic mass is 10.1. The van der Waals surface area contributed by atoms with E-state index in [0.717, 1.165) is 24.9 Å². The Morgan fingerprint density at radius 1 is 0.889 bits per heavy atom. The predicted molar refractivity (Wildman–Crippen MR) is 71.5 cm³/mol. The Bertz CT molecular complexity index is 408. The summed E-state index contributed by atoms with van der Waals surface area (Å²) in [5.41, 5.74) is 5.81. The highest BCUT2D eigenvalue weighted by Gasteiger charge is 2.28. The van der Waals surface area contributed by atoms with E-state index >= 15 is 0 Å². The van der Waals surface area contributed by atoms with E-state index in [1.165, 1.54) is 44.9 Å². The molecule has 2 heterocycles. The number of nitrogens with two attached hydrogens (primary N) is 1. The van der Waals surface area contributed by atoms with Gasteiger partial charge in [0.25, 0.3) is 0 Å². The first-order valence-electron chi connectivity index (χ1n) is 7.09. The molecule has 3 rings (SSSR count). The van der Waals surface area contributed by atoms with Crippen molar-refractivity contribution < 1.29 is 0 Å². The van der Waals surface area contributed by atoms with Gasteiger partial charge in [-0.15, -0.1) is 0 Å². The average Bonchev–Trinajstić information content (AvgIpc) is 3.11. The molecule has 0 amide bonds. The standard InChI is InChI=1S/C13H21N5/c14-12-15-11(10-6-7-10)16-13(17-12)18-8-4-2-1-3-5-9-18/h10H,1-9H2,(H2,14,15,16,17). The van der Waals surface area contributed by atoms with Crippen LogP contribution in [0.25, 0.3) is 0 Å². The summed E-state index contributed by atoms with van der Waals surface area (Å²) in [4.78, 5) is 15.5. The summed E-state index contributed by atoms with van der Waals surface area (Å²) in [7, 11) is 0. The van der Waals surface area contributed by atoms with E-state index in [9.17, 15) is 0 Å². The SMILES string of the molecule is Nc1nc(C2CC2)nc(N2CCCCCCC2)n1. The molecule has 0 spiro atoms. The van der Waals surface area contributed by atoms with E-state index in [-0.39, 0.29) is 0 Å². The quantitative estimate of drug-likeness (QED) is 0.866. The van der Waals surface area contributed by atoms with Crippen LogP contribution in [0, 0.1) is 0 Å². The van der Waals surface area contributed by atoms with Crippen molar-refractivity contribution in [3.8, 4) is 0 Å². The minimum absolute atomic E-state index is 0.379. The molecule has 2 fully saturated rings. The van der Waals surface area contributed by atoms with Gasteiger partial charge in [0.15, 0.2) is 0 Å². The molecule has 2 N–H and O–H groups in total. The molecule has 98 valence electrons. The lowest BCUT2D eigenvalue weighted by Crippen LogP contribution is -2.29. The van der Waals surface area contributed by atoms with Crippen LogP contribution in [0.1, 0.15) is 56.7 Å². The molecule has 0 unspecified atom stereocenters. The largest absolute Gasteiger partial charge is 0.368 e. The Hall–Kier alpha value is -1.39. The third kappa shape index (κ3) is 2.71. The Morgan fingerprint density at radius 3 is 2.22 bits per heavy atom. The van der Waals surface area contributed by atoms with Gasteiger partial charge in [-0.3, -0.25) is 0 Å². The van der Waals surface area contributed by atoms with Crippen molar-refractivity contribution in [1.82, 2.24) is 15.0 Å². The van der Waals surface area contributed by atoms with E-state index < -0.39 is 0 Å². The van der Waals surface area contributed by atoms with Crippen LogP contribution in [0.5, 0.6) is 0 Å². The number of nitrogen functional groups attached to an aromatic ring is 1. The fraction of sp³-hybridized carbons (Fsp3) is 0.769. The lowest BCUT2D eigenvalue weighted by molar-refractivity contribution is 0.549. The van der Waals surface area contributed by atoms with Gasteiger partial charge in [-0.05, 0) is 25.7 Å². The molecule has 18 heavy (non-hydrogen) atoms. The zero-order chi connectivity index (χ0) is 12.4. The lowest BCUT2D eigenvalue weighted by Gasteiger charge is -2.24. The smallest absolute Gasteiger partial charge is 0.230 e. The molecule has 0 bridgehead atoms. The van der Waals surface area contributed by atoms with E-state index in [1.807, 2.05) is 0 Å². The number of aromatic nitrogens is 3. The number of rotatable bonds is 2. The van der Waals surface area contributed by atoms with E-state index in [1.54, 1.807) is 0 Å². The highest BCUT2D eigenvalue weighted by Crippen LogP contribution is 2.38. The van der Waals surface area contributed by atoms with Crippen molar-refractivity contribution in [3.63, 3.8) is 0 Å². The third-order valence-corrected chi connectivity index (χ3v) is 3.74. The van der Waals surface area contributed by atoms with Crippen LogP contribution in [-0.2, 0) is 0 Å². The predicted octanol–water partition coefficient (Wildman–Crippen LogP) is 2.10. The molecule has 0 atom stereocenters. The molecular formula is C13H21N5. The van der Waals surface area contributed by atoms with Crippen molar-refractivity contribution in [1.29, 1.82) is 0 Å². The molecular weight excluding hydrogens is 226 g/mol. The van der Waals surface area contributed by atoms with E-state index in [2.05, 4.69) is 19.9 Å². The molecule has 5 nitrogen and oxygen atoms in total. The Labute approximate surface area is 108 Å². The summed E-state index contributed by atoms with van der Waals surface area (Å²) in [5.74, 6) is 2.61. The first kappa shape index (κ1) is 11.7. The minimum Gasteiger partial charge on any atom is -0.368 e. The van der Waals surface area contributed by atoms with Crippen LogP contribution in [0.4, 0.5) is 11.9 Å². The van der Waals surface area contributed by atoms with Gasteiger partial charge < -0.3 is 10.6 Å². The summed E-state index contributed by atoms with van der Waals surface area (Å²) in [6.45, 7) is 2.10. The van der Waals surface area contributed by atoms with Gasteiger partial charge in [0.2, 0.25) is 11.9 Å².